The molecule has 11 nitrogen and oxygen atoms in total. The Balaban J connectivity index is 1.13. The minimum absolute atomic E-state index is 0.0597. The highest BCUT2D eigenvalue weighted by Crippen LogP contribution is 2.32. The normalized spacial score (nSPS) is 19.2. The molecule has 48 heavy (non-hydrogen) atoms. The summed E-state index contributed by atoms with van der Waals surface area (Å²) in [6.45, 7) is 14.9. The first-order valence-electron chi connectivity index (χ1n) is 16.9. The van der Waals surface area contributed by atoms with E-state index in [-0.39, 0.29) is 42.6 Å². The lowest BCUT2D eigenvalue weighted by molar-refractivity contribution is -0.158. The van der Waals surface area contributed by atoms with Crippen LogP contribution in [0.2, 0.25) is 25.7 Å². The zero-order chi connectivity index (χ0) is 34.8. The monoisotopic (exact) mass is 676 g/mol. The van der Waals surface area contributed by atoms with Crippen LogP contribution in [0.15, 0.2) is 42.5 Å². The molecule has 3 heterocycles. The Labute approximate surface area is 283 Å². The first-order valence-corrected chi connectivity index (χ1v) is 20.6. The highest BCUT2D eigenvalue weighted by atomic mass is 28.3. The average Bonchev–Trinajstić information content (AvgIpc) is 3.27. The summed E-state index contributed by atoms with van der Waals surface area (Å²) in [5.74, 6) is -1.87. The zero-order valence-corrected chi connectivity index (χ0v) is 30.0. The van der Waals surface area contributed by atoms with E-state index in [9.17, 15) is 24.0 Å². The molecule has 0 aliphatic carbocycles. The standard InChI is InChI=1S/C36H48N4O7Si/c1-36(2,3)47-35(45)25-7-10-27(11-8-25)38-17-15-24(16-18-38)22-37-26-9-12-28-29(21-26)33(43)40(32(28)42)30-13-14-31(41)39(34(30)44)23-46-19-20-48(4,5)6/h7-12,21,24,30,37H,13-20,22-23H2,1-6H3. The molecule has 3 aliphatic heterocycles. The predicted octanol–water partition coefficient (Wildman–Crippen LogP) is 5.40. The van der Waals surface area contributed by atoms with Gasteiger partial charge in [0.15, 0.2) is 0 Å². The number of likely N-dealkylation sites (tertiary alicyclic amines) is 1. The van der Waals surface area contributed by atoms with Crippen LogP contribution < -0.4 is 10.2 Å². The Kier molecular flexibility index (Phi) is 10.4. The number of anilines is 2. The highest BCUT2D eigenvalue weighted by molar-refractivity contribution is 6.76. The van der Waals surface area contributed by atoms with Gasteiger partial charge in [0, 0.05) is 52.1 Å². The minimum Gasteiger partial charge on any atom is -0.456 e. The average molecular weight is 677 g/mol. The summed E-state index contributed by atoms with van der Waals surface area (Å²) in [5.41, 5.74) is 2.32. The van der Waals surface area contributed by atoms with Crippen molar-refractivity contribution in [1.82, 2.24) is 9.80 Å². The number of carbonyl (C=O) groups is 5. The number of rotatable bonds is 11. The van der Waals surface area contributed by atoms with Crippen LogP contribution in [-0.4, -0.2) is 92.1 Å². The Bertz CT molecular complexity index is 1560. The number of benzene rings is 2. The molecule has 5 rings (SSSR count). The second-order valence-electron chi connectivity index (χ2n) is 15.2. The van der Waals surface area contributed by atoms with E-state index in [1.54, 1.807) is 18.2 Å². The Morgan fingerprint density at radius 1 is 0.917 bits per heavy atom. The summed E-state index contributed by atoms with van der Waals surface area (Å²) in [5, 5.41) is 3.44. The number of nitrogens with one attached hydrogen (secondary N) is 1. The lowest BCUT2D eigenvalue weighted by Crippen LogP contribution is -2.56. The lowest BCUT2D eigenvalue weighted by Gasteiger charge is -2.34. The van der Waals surface area contributed by atoms with Gasteiger partial charge in [0.2, 0.25) is 5.91 Å². The molecule has 0 saturated carbocycles. The van der Waals surface area contributed by atoms with E-state index >= 15 is 0 Å². The van der Waals surface area contributed by atoms with Crippen molar-refractivity contribution < 1.29 is 33.4 Å². The van der Waals surface area contributed by atoms with Crippen molar-refractivity contribution in [2.45, 2.75) is 83.8 Å². The molecule has 0 bridgehead atoms. The summed E-state index contributed by atoms with van der Waals surface area (Å²) in [6.07, 6.45) is 2.10. The predicted molar refractivity (Wildman–Crippen MR) is 186 cm³/mol. The third kappa shape index (κ3) is 8.33. The van der Waals surface area contributed by atoms with E-state index in [2.05, 4.69) is 29.9 Å². The molecular weight excluding hydrogens is 629 g/mol. The molecule has 0 aromatic heterocycles. The van der Waals surface area contributed by atoms with Crippen LogP contribution in [0.5, 0.6) is 0 Å². The van der Waals surface area contributed by atoms with E-state index in [0.717, 1.165) is 53.1 Å². The number of hydrogen-bond donors (Lipinski definition) is 1. The number of piperidine rings is 2. The lowest BCUT2D eigenvalue weighted by atomic mass is 9.96. The van der Waals surface area contributed by atoms with Gasteiger partial charge >= 0.3 is 5.97 Å². The van der Waals surface area contributed by atoms with Gasteiger partial charge in [0.05, 0.1) is 16.7 Å². The van der Waals surface area contributed by atoms with E-state index in [1.807, 2.05) is 45.0 Å². The second kappa shape index (κ2) is 14.2. The van der Waals surface area contributed by atoms with Gasteiger partial charge in [-0.2, -0.15) is 0 Å². The van der Waals surface area contributed by atoms with E-state index in [1.165, 1.54) is 0 Å². The van der Waals surface area contributed by atoms with Crippen molar-refractivity contribution in [3.8, 4) is 0 Å². The number of carbonyl (C=O) groups excluding carboxylic acids is 5. The number of imide groups is 2. The van der Waals surface area contributed by atoms with Gasteiger partial charge in [-0.25, -0.2) is 4.79 Å². The largest absolute Gasteiger partial charge is 0.456 e. The fourth-order valence-corrected chi connectivity index (χ4v) is 6.94. The Morgan fingerprint density at radius 3 is 2.23 bits per heavy atom. The van der Waals surface area contributed by atoms with Crippen molar-refractivity contribution in [2.75, 3.05) is 43.2 Å². The quantitative estimate of drug-likeness (QED) is 0.144. The van der Waals surface area contributed by atoms with Crippen LogP contribution in [-0.2, 0) is 19.1 Å². The maximum Gasteiger partial charge on any atom is 0.338 e. The first-order chi connectivity index (χ1) is 22.6. The molecule has 0 radical (unpaired) electrons. The van der Waals surface area contributed by atoms with E-state index in [0.29, 0.717) is 24.6 Å². The molecule has 2 aromatic rings. The van der Waals surface area contributed by atoms with Gasteiger partial charge in [-0.1, -0.05) is 19.6 Å². The van der Waals surface area contributed by atoms with Crippen molar-refractivity contribution >= 4 is 49.0 Å². The van der Waals surface area contributed by atoms with Gasteiger partial charge in [0.25, 0.3) is 17.7 Å². The van der Waals surface area contributed by atoms with Crippen molar-refractivity contribution in [1.29, 1.82) is 0 Å². The molecule has 1 unspecified atom stereocenters. The number of hydrogen-bond acceptors (Lipinski definition) is 9. The third-order valence-corrected chi connectivity index (χ3v) is 10.7. The number of esters is 1. The topological polar surface area (TPSA) is 126 Å². The summed E-state index contributed by atoms with van der Waals surface area (Å²) < 4.78 is 11.1. The molecule has 1 N–H and O–H groups in total. The van der Waals surface area contributed by atoms with Crippen LogP contribution >= 0.6 is 0 Å². The first kappa shape index (κ1) is 35.3. The molecule has 0 spiro atoms. The third-order valence-electron chi connectivity index (χ3n) is 9.01. The maximum absolute atomic E-state index is 13.5. The number of ether oxygens (including phenoxy) is 2. The summed E-state index contributed by atoms with van der Waals surface area (Å²) in [6, 6.07) is 12.5. The fourth-order valence-electron chi connectivity index (χ4n) is 6.19. The van der Waals surface area contributed by atoms with E-state index in [4.69, 9.17) is 9.47 Å². The molecule has 2 fully saturated rings. The highest BCUT2D eigenvalue weighted by Gasteiger charge is 2.47. The van der Waals surface area contributed by atoms with Gasteiger partial charge in [-0.05, 0) is 94.5 Å². The molecule has 12 heteroatoms. The summed E-state index contributed by atoms with van der Waals surface area (Å²) >= 11 is 0. The molecule has 4 amide bonds. The molecule has 1 atom stereocenters. The van der Waals surface area contributed by atoms with Crippen LogP contribution in [0.25, 0.3) is 0 Å². The molecule has 258 valence electrons. The van der Waals surface area contributed by atoms with Crippen LogP contribution in [0.3, 0.4) is 0 Å². The van der Waals surface area contributed by atoms with Crippen molar-refractivity contribution in [3.63, 3.8) is 0 Å². The summed E-state index contributed by atoms with van der Waals surface area (Å²) in [4.78, 5) is 69.5. The van der Waals surface area contributed by atoms with E-state index < -0.39 is 37.4 Å². The van der Waals surface area contributed by atoms with Crippen LogP contribution in [0.4, 0.5) is 11.4 Å². The number of nitrogens with zero attached hydrogens (tertiary/aromatic N) is 3. The van der Waals surface area contributed by atoms with Gasteiger partial charge < -0.3 is 19.7 Å². The van der Waals surface area contributed by atoms with Gasteiger partial charge in [-0.3, -0.25) is 29.0 Å². The van der Waals surface area contributed by atoms with Crippen LogP contribution in [0.1, 0.15) is 77.5 Å². The number of amides is 4. The molecule has 2 aromatic carbocycles. The van der Waals surface area contributed by atoms with Crippen molar-refractivity contribution in [3.05, 3.63) is 59.2 Å². The molecular formula is C36H48N4O7Si. The minimum atomic E-state index is -1.34. The number of fused-ring (bicyclic) bond motifs is 1. The SMILES string of the molecule is CC(C)(C)OC(=O)c1ccc(N2CCC(CNc3ccc4c(c3)C(=O)N(C3CCC(=O)N(COCC[Si](C)(C)C)C3=O)C4=O)CC2)cc1. The van der Waals surface area contributed by atoms with Crippen LogP contribution in [0, 0.1) is 5.92 Å². The summed E-state index contributed by atoms with van der Waals surface area (Å²) in [7, 11) is -1.34. The second-order valence-corrected chi connectivity index (χ2v) is 20.8. The van der Waals surface area contributed by atoms with Crippen molar-refractivity contribution in [2.24, 2.45) is 5.92 Å². The smallest absolute Gasteiger partial charge is 0.338 e. The molecule has 3 aliphatic rings. The van der Waals surface area contributed by atoms with Gasteiger partial charge in [-0.15, -0.1) is 0 Å². The van der Waals surface area contributed by atoms with Gasteiger partial charge in [0.1, 0.15) is 18.4 Å². The Hall–Kier alpha value is -4.03. The maximum atomic E-state index is 13.5. The fraction of sp³-hybridized carbons (Fsp3) is 0.528. The Morgan fingerprint density at radius 2 is 1.58 bits per heavy atom. The molecule has 2 saturated heterocycles. The zero-order valence-electron chi connectivity index (χ0n) is 29.0.